The number of benzene rings is 1. The van der Waals surface area contributed by atoms with E-state index in [1.165, 1.54) is 7.11 Å². The topological polar surface area (TPSA) is 50.8 Å². The third-order valence-corrected chi connectivity index (χ3v) is 3.09. The summed E-state index contributed by atoms with van der Waals surface area (Å²) >= 11 is 0. The predicted molar refractivity (Wildman–Crippen MR) is 83.5 cm³/mol. The van der Waals surface area contributed by atoms with E-state index in [1.54, 1.807) is 0 Å². The van der Waals surface area contributed by atoms with Crippen molar-refractivity contribution in [2.45, 2.75) is 19.4 Å². The van der Waals surface area contributed by atoms with Crippen LogP contribution in [-0.2, 0) is 9.53 Å². The fourth-order valence-electron chi connectivity index (χ4n) is 2.02. The molecule has 1 atom stereocenters. The van der Waals surface area contributed by atoms with Gasteiger partial charge in [0.15, 0.2) is 0 Å². The number of rotatable bonds is 9. The highest BCUT2D eigenvalue weighted by molar-refractivity contribution is 5.77. The van der Waals surface area contributed by atoms with Gasteiger partial charge in [-0.3, -0.25) is 0 Å². The average Bonchev–Trinajstić information content (AvgIpc) is 2.48. The normalized spacial score (nSPS) is 12.2. The van der Waals surface area contributed by atoms with Gasteiger partial charge in [-0.15, -0.1) is 0 Å². The Morgan fingerprint density at radius 2 is 1.95 bits per heavy atom. The summed E-state index contributed by atoms with van der Waals surface area (Å²) in [6.45, 7) is 4.30. The quantitative estimate of drug-likeness (QED) is 0.556. The van der Waals surface area contributed by atoms with Crippen LogP contribution >= 0.6 is 0 Å². The van der Waals surface area contributed by atoms with Gasteiger partial charge in [0.25, 0.3) is 0 Å². The molecular weight excluding hydrogens is 268 g/mol. The molecule has 0 heterocycles. The number of carbonyl (C=O) groups excluding carboxylic acids is 1. The van der Waals surface area contributed by atoms with Gasteiger partial charge >= 0.3 is 5.97 Å². The van der Waals surface area contributed by atoms with Crippen LogP contribution in [0.4, 0.5) is 0 Å². The second-order valence-electron chi connectivity index (χ2n) is 5.07. The molecule has 0 aliphatic carbocycles. The number of hydrogen-bond acceptors (Lipinski definition) is 5. The van der Waals surface area contributed by atoms with Gasteiger partial charge in [0, 0.05) is 0 Å². The second kappa shape index (κ2) is 9.37. The molecule has 1 N–H and O–H groups in total. The van der Waals surface area contributed by atoms with Crippen molar-refractivity contribution in [2.75, 3.05) is 40.9 Å². The summed E-state index contributed by atoms with van der Waals surface area (Å²) in [5, 5.41) is 3.25. The zero-order valence-electron chi connectivity index (χ0n) is 13.4. The first kappa shape index (κ1) is 17.5. The van der Waals surface area contributed by atoms with Gasteiger partial charge in [-0.25, -0.2) is 4.79 Å². The molecule has 0 amide bonds. The molecule has 1 aromatic carbocycles. The third kappa shape index (κ3) is 6.14. The molecule has 1 unspecified atom stereocenters. The van der Waals surface area contributed by atoms with E-state index in [4.69, 9.17) is 9.47 Å². The van der Waals surface area contributed by atoms with Gasteiger partial charge in [-0.05, 0) is 58.2 Å². The highest BCUT2D eigenvalue weighted by Crippen LogP contribution is 2.19. The van der Waals surface area contributed by atoms with E-state index in [0.29, 0.717) is 6.61 Å². The van der Waals surface area contributed by atoms with E-state index < -0.39 is 6.04 Å². The Hall–Kier alpha value is -1.59. The SMILES string of the molecule is CCOc1ccc(C(NCCCN(C)C)C(=O)OC)cc1. The van der Waals surface area contributed by atoms with Gasteiger partial charge in [-0.2, -0.15) is 0 Å². The van der Waals surface area contributed by atoms with Crippen molar-refractivity contribution in [1.82, 2.24) is 10.2 Å². The monoisotopic (exact) mass is 294 g/mol. The van der Waals surface area contributed by atoms with E-state index >= 15 is 0 Å². The van der Waals surface area contributed by atoms with E-state index in [0.717, 1.165) is 30.8 Å². The van der Waals surface area contributed by atoms with Crippen LogP contribution in [0.5, 0.6) is 5.75 Å². The fourth-order valence-corrected chi connectivity index (χ4v) is 2.02. The molecule has 118 valence electrons. The number of hydrogen-bond donors (Lipinski definition) is 1. The van der Waals surface area contributed by atoms with Crippen molar-refractivity contribution in [3.63, 3.8) is 0 Å². The first-order chi connectivity index (χ1) is 10.1. The summed E-state index contributed by atoms with van der Waals surface area (Å²) in [6.07, 6.45) is 0.970. The number of nitrogens with zero attached hydrogens (tertiary/aromatic N) is 1. The van der Waals surface area contributed by atoms with Crippen molar-refractivity contribution >= 4 is 5.97 Å². The van der Waals surface area contributed by atoms with Crippen molar-refractivity contribution in [3.05, 3.63) is 29.8 Å². The number of methoxy groups -OCH3 is 1. The van der Waals surface area contributed by atoms with Crippen molar-refractivity contribution in [3.8, 4) is 5.75 Å². The molecule has 0 aliphatic heterocycles. The molecule has 5 nitrogen and oxygen atoms in total. The zero-order valence-corrected chi connectivity index (χ0v) is 13.4. The molecule has 0 radical (unpaired) electrons. The van der Waals surface area contributed by atoms with Crippen LogP contribution in [0, 0.1) is 0 Å². The molecule has 1 rings (SSSR count). The van der Waals surface area contributed by atoms with Crippen molar-refractivity contribution in [2.24, 2.45) is 0 Å². The van der Waals surface area contributed by atoms with Crippen LogP contribution in [0.1, 0.15) is 24.9 Å². The Bertz CT molecular complexity index is 418. The first-order valence-electron chi connectivity index (χ1n) is 7.27. The number of esters is 1. The van der Waals surface area contributed by atoms with Crippen LogP contribution in [0.2, 0.25) is 0 Å². The molecule has 0 bridgehead atoms. The molecule has 0 spiro atoms. The summed E-state index contributed by atoms with van der Waals surface area (Å²) in [6, 6.07) is 7.09. The van der Waals surface area contributed by atoms with Gasteiger partial charge < -0.3 is 19.7 Å². The Morgan fingerprint density at radius 1 is 1.29 bits per heavy atom. The maximum atomic E-state index is 11.9. The minimum Gasteiger partial charge on any atom is -0.494 e. The molecule has 21 heavy (non-hydrogen) atoms. The van der Waals surface area contributed by atoms with Gasteiger partial charge in [0.1, 0.15) is 11.8 Å². The third-order valence-electron chi connectivity index (χ3n) is 3.09. The standard InChI is InChI=1S/C16H26N2O3/c1-5-21-14-9-7-13(8-10-14)15(16(19)20-4)17-11-6-12-18(2)3/h7-10,15,17H,5-6,11-12H2,1-4H3. The summed E-state index contributed by atoms with van der Waals surface area (Å²) in [7, 11) is 5.47. The van der Waals surface area contributed by atoms with Crippen LogP contribution < -0.4 is 10.1 Å². The molecule has 5 heteroatoms. The highest BCUT2D eigenvalue weighted by Gasteiger charge is 2.20. The van der Waals surface area contributed by atoms with E-state index in [9.17, 15) is 4.79 Å². The second-order valence-corrected chi connectivity index (χ2v) is 5.07. The minimum atomic E-state index is -0.437. The molecule has 1 aromatic rings. The van der Waals surface area contributed by atoms with E-state index in [1.807, 2.05) is 45.3 Å². The van der Waals surface area contributed by atoms with Gasteiger partial charge in [-0.1, -0.05) is 12.1 Å². The Labute approximate surface area is 127 Å². The molecule has 0 saturated carbocycles. The molecule has 0 aliphatic rings. The van der Waals surface area contributed by atoms with Gasteiger partial charge in [0.05, 0.1) is 13.7 Å². The first-order valence-corrected chi connectivity index (χ1v) is 7.27. The Balaban J connectivity index is 2.66. The lowest BCUT2D eigenvalue weighted by molar-refractivity contribution is -0.143. The maximum Gasteiger partial charge on any atom is 0.327 e. The molecular formula is C16H26N2O3. The summed E-state index contributed by atoms with van der Waals surface area (Å²) in [4.78, 5) is 14.0. The summed E-state index contributed by atoms with van der Waals surface area (Å²) in [5.74, 6) is 0.529. The number of ether oxygens (including phenoxy) is 2. The molecule has 0 aromatic heterocycles. The summed E-state index contributed by atoms with van der Waals surface area (Å²) < 4.78 is 10.3. The van der Waals surface area contributed by atoms with Crippen molar-refractivity contribution < 1.29 is 14.3 Å². The lowest BCUT2D eigenvalue weighted by Crippen LogP contribution is -2.31. The van der Waals surface area contributed by atoms with Crippen LogP contribution in [0.3, 0.4) is 0 Å². The van der Waals surface area contributed by atoms with Crippen molar-refractivity contribution in [1.29, 1.82) is 0 Å². The average molecular weight is 294 g/mol. The lowest BCUT2D eigenvalue weighted by Gasteiger charge is -2.18. The Kier molecular flexibility index (Phi) is 7.79. The van der Waals surface area contributed by atoms with E-state index in [-0.39, 0.29) is 5.97 Å². The number of carbonyl (C=O) groups is 1. The van der Waals surface area contributed by atoms with Crippen LogP contribution in [0.15, 0.2) is 24.3 Å². The smallest absolute Gasteiger partial charge is 0.327 e. The highest BCUT2D eigenvalue weighted by atomic mass is 16.5. The van der Waals surface area contributed by atoms with Crippen LogP contribution in [-0.4, -0.2) is 51.8 Å². The predicted octanol–water partition coefficient (Wildman–Crippen LogP) is 1.84. The lowest BCUT2D eigenvalue weighted by atomic mass is 10.1. The molecule has 0 saturated heterocycles. The number of nitrogens with one attached hydrogen (secondary N) is 1. The van der Waals surface area contributed by atoms with Gasteiger partial charge in [0.2, 0.25) is 0 Å². The maximum absolute atomic E-state index is 11.9. The molecule has 0 fully saturated rings. The minimum absolute atomic E-state index is 0.274. The largest absolute Gasteiger partial charge is 0.494 e. The van der Waals surface area contributed by atoms with Crippen LogP contribution in [0.25, 0.3) is 0 Å². The summed E-state index contributed by atoms with van der Waals surface area (Å²) in [5.41, 5.74) is 0.884. The fraction of sp³-hybridized carbons (Fsp3) is 0.562. The van der Waals surface area contributed by atoms with E-state index in [2.05, 4.69) is 10.2 Å². The Morgan fingerprint density at radius 3 is 2.48 bits per heavy atom. The zero-order chi connectivity index (χ0) is 15.7.